The number of hydrogen-bond acceptors (Lipinski definition) is 10. The summed E-state index contributed by atoms with van der Waals surface area (Å²) in [7, 11) is -6.25. The van der Waals surface area contributed by atoms with Gasteiger partial charge >= 0.3 is 34.8 Å². The number of alkyl halides is 10. The van der Waals surface area contributed by atoms with Crippen LogP contribution in [0, 0.1) is 0 Å². The summed E-state index contributed by atoms with van der Waals surface area (Å²) in [6, 6.07) is 72.4. The molecule has 26 heteroatoms. The van der Waals surface area contributed by atoms with Crippen molar-refractivity contribution in [2.24, 2.45) is 0 Å². The van der Waals surface area contributed by atoms with E-state index in [0.29, 0.717) is 9.79 Å². The maximum absolute atomic E-state index is 13.0. The summed E-state index contributed by atoms with van der Waals surface area (Å²) in [6.07, 6.45) is -8.67. The van der Waals surface area contributed by atoms with E-state index in [-0.39, 0.29) is 34.4 Å². The van der Waals surface area contributed by atoms with Crippen molar-refractivity contribution in [3.63, 3.8) is 0 Å². The fourth-order valence-electron chi connectivity index (χ4n) is 8.60. The van der Waals surface area contributed by atoms with Gasteiger partial charge in [0.1, 0.15) is 6.54 Å². The van der Waals surface area contributed by atoms with Crippen LogP contribution in [0.3, 0.4) is 0 Å². The average molecular weight is 1490 g/mol. The van der Waals surface area contributed by atoms with Gasteiger partial charge in [-0.05, 0) is 119 Å². The van der Waals surface area contributed by atoms with Crippen molar-refractivity contribution in [2.75, 3.05) is 34.4 Å². The Balaban J connectivity index is 0.000000269. The molecular formula is C74H74ClF10NO10S4. The number of rotatable bonds is 16. The highest BCUT2D eigenvalue weighted by molar-refractivity contribution is 7.97. The van der Waals surface area contributed by atoms with Gasteiger partial charge in [0, 0.05) is 17.7 Å². The largest absolute Gasteiger partial charge is 1.00 e. The zero-order valence-corrected chi connectivity index (χ0v) is 59.6. The van der Waals surface area contributed by atoms with E-state index in [0.717, 1.165) is 53.9 Å². The summed E-state index contributed by atoms with van der Waals surface area (Å²) in [5, 5.41) is -9.29. The molecule has 9 rings (SSSR count). The van der Waals surface area contributed by atoms with Crippen molar-refractivity contribution in [1.29, 1.82) is 0 Å². The molecule has 0 unspecified atom stereocenters. The fourth-order valence-corrected chi connectivity index (χ4v) is 13.3. The molecule has 0 bridgehead atoms. The van der Waals surface area contributed by atoms with Crippen molar-refractivity contribution >= 4 is 54.0 Å². The van der Waals surface area contributed by atoms with E-state index in [2.05, 4.69) is 60.9 Å². The third-order valence-electron chi connectivity index (χ3n) is 13.7. The van der Waals surface area contributed by atoms with Crippen molar-refractivity contribution in [2.45, 2.75) is 111 Å². The lowest BCUT2D eigenvalue weighted by Gasteiger charge is -2.23. The van der Waals surface area contributed by atoms with E-state index in [9.17, 15) is 79.4 Å². The van der Waals surface area contributed by atoms with Crippen LogP contribution < -0.4 is 12.4 Å². The Morgan fingerprint density at radius 2 is 0.620 bits per heavy atom. The minimum atomic E-state index is -5.87. The topological polar surface area (TPSA) is 167 Å². The Hall–Kier alpha value is -8.01. The van der Waals surface area contributed by atoms with Crippen LogP contribution in [0.2, 0.25) is 0 Å². The number of hydrogen-bond donors (Lipinski definition) is 0. The monoisotopic (exact) mass is 1490 g/mol. The summed E-state index contributed by atoms with van der Waals surface area (Å²) in [6.45, 7) is 9.23. The molecule has 0 N–H and O–H groups in total. The Morgan fingerprint density at radius 3 is 0.850 bits per heavy atom. The van der Waals surface area contributed by atoms with Gasteiger partial charge in [-0.2, -0.15) is 43.9 Å². The standard InChI is InChI=1S/2C19H14F3S.2C13H16F2O5S.C10H16N.ClH/c2*20-19(21,22)15-8-7-13-18(14-15)23(16-9-3-1-4-10-16)17-11-5-2-6-12-17;2*1-12(2,3)10-6-4-9(5-7-10)11(16)20-8-13(14,15)21(17,18)19;1-11(2,3)9-10-7-5-4-6-8-10;/h2*1-14H;2*4-7H,8H2,1-3H3,(H,17,18,19);4-8H,9H2,1-3H3;1H/q2*+1;;;+1;/p-3. The van der Waals surface area contributed by atoms with E-state index in [1.807, 2.05) is 163 Å². The molecular weight excluding hydrogens is 1420 g/mol. The van der Waals surface area contributed by atoms with Crippen molar-refractivity contribution in [3.8, 4) is 0 Å². The van der Waals surface area contributed by atoms with E-state index < -0.39 is 101 Å². The van der Waals surface area contributed by atoms with Gasteiger partial charge in [-0.25, -0.2) is 26.4 Å². The molecule has 0 atom stereocenters. The molecule has 9 aromatic carbocycles. The Labute approximate surface area is 589 Å². The summed E-state index contributed by atoms with van der Waals surface area (Å²) in [5.41, 5.74) is 1.71. The average Bonchev–Trinajstić information content (AvgIpc) is 0.805. The van der Waals surface area contributed by atoms with E-state index >= 15 is 0 Å². The minimum Gasteiger partial charge on any atom is -1.00 e. The molecule has 0 saturated carbocycles. The number of halogens is 11. The molecule has 0 fully saturated rings. The lowest BCUT2D eigenvalue weighted by atomic mass is 9.87. The van der Waals surface area contributed by atoms with Gasteiger partial charge in [0.05, 0.1) is 65.2 Å². The molecule has 0 aliphatic rings. The number of benzene rings is 9. The van der Waals surface area contributed by atoms with Gasteiger partial charge in [0.2, 0.25) is 0 Å². The molecule has 0 aliphatic carbocycles. The van der Waals surface area contributed by atoms with Gasteiger partial charge in [-0.3, -0.25) is 0 Å². The summed E-state index contributed by atoms with van der Waals surface area (Å²) >= 11 is 0. The fraction of sp³-hybridized carbons (Fsp3) is 0.243. The highest BCUT2D eigenvalue weighted by atomic mass is 35.5. The van der Waals surface area contributed by atoms with Crippen molar-refractivity contribution < 1.29 is 106 Å². The second-order valence-corrected chi connectivity index (χ2v) is 31.9. The second kappa shape index (κ2) is 36.0. The van der Waals surface area contributed by atoms with Crippen LogP contribution in [-0.4, -0.2) is 87.2 Å². The zero-order chi connectivity index (χ0) is 73.8. The number of carbonyl (C=O) groups is 2. The Kier molecular flexibility index (Phi) is 30.4. The quantitative estimate of drug-likeness (QED) is 0.0299. The molecule has 0 heterocycles. The Bertz CT molecular complexity index is 3910. The molecule has 100 heavy (non-hydrogen) atoms. The minimum absolute atomic E-state index is 0. The van der Waals surface area contributed by atoms with Crippen molar-refractivity contribution in [1.82, 2.24) is 0 Å². The van der Waals surface area contributed by atoms with Crippen LogP contribution in [0.25, 0.3) is 0 Å². The van der Waals surface area contributed by atoms with Gasteiger partial charge in [0.25, 0.3) is 0 Å². The molecule has 536 valence electrons. The first kappa shape index (κ1) is 84.4. The van der Waals surface area contributed by atoms with Crippen molar-refractivity contribution in [3.05, 3.63) is 288 Å². The summed E-state index contributed by atoms with van der Waals surface area (Å²) < 4.78 is 201. The highest BCUT2D eigenvalue weighted by Gasteiger charge is 2.41. The van der Waals surface area contributed by atoms with Gasteiger partial charge in [-0.1, -0.05) is 181 Å². The smallest absolute Gasteiger partial charge is 0.416 e. The number of nitrogens with zero attached hydrogens (tertiary/aromatic N) is 1. The number of carbonyl (C=O) groups excluding carboxylic acids is 2. The zero-order valence-electron chi connectivity index (χ0n) is 55.6. The predicted molar refractivity (Wildman–Crippen MR) is 361 cm³/mol. The first-order chi connectivity index (χ1) is 45.9. The number of ether oxygens (including phenoxy) is 2. The molecule has 0 spiro atoms. The van der Waals surface area contributed by atoms with Gasteiger partial charge in [0.15, 0.2) is 62.8 Å². The number of esters is 2. The van der Waals surface area contributed by atoms with E-state index in [1.54, 1.807) is 36.4 Å². The van der Waals surface area contributed by atoms with E-state index in [1.165, 1.54) is 54.1 Å². The predicted octanol–water partition coefficient (Wildman–Crippen LogP) is 15.1. The van der Waals surface area contributed by atoms with E-state index in [4.69, 9.17) is 0 Å². The van der Waals surface area contributed by atoms with Crippen LogP contribution in [0.5, 0.6) is 0 Å². The highest BCUT2D eigenvalue weighted by Crippen LogP contribution is 2.38. The van der Waals surface area contributed by atoms with Crippen LogP contribution in [0.15, 0.2) is 278 Å². The molecule has 0 saturated heterocycles. The number of quaternary nitrogens is 1. The third kappa shape index (κ3) is 26.8. The molecule has 0 amide bonds. The maximum Gasteiger partial charge on any atom is 0.416 e. The summed E-state index contributed by atoms with van der Waals surface area (Å²) in [4.78, 5) is 28.4. The third-order valence-corrected chi connectivity index (χ3v) is 19.8. The first-order valence-electron chi connectivity index (χ1n) is 30.0. The van der Waals surface area contributed by atoms with Crippen LogP contribution >= 0.6 is 0 Å². The summed E-state index contributed by atoms with van der Waals surface area (Å²) in [5.74, 6) is -2.25. The first-order valence-corrected chi connectivity index (χ1v) is 35.2. The molecule has 0 aliphatic heterocycles. The van der Waals surface area contributed by atoms with Gasteiger partial charge in [-0.15, -0.1) is 0 Å². The normalized spacial score (nSPS) is 12.1. The molecule has 0 radical (unpaired) electrons. The lowest BCUT2D eigenvalue weighted by Crippen LogP contribution is -3.00. The molecule has 0 aromatic heterocycles. The molecule has 9 aromatic rings. The van der Waals surface area contributed by atoms with Crippen LogP contribution in [-0.2, 0) is 81.2 Å². The Morgan fingerprint density at radius 1 is 0.370 bits per heavy atom. The maximum atomic E-state index is 13.0. The lowest BCUT2D eigenvalue weighted by molar-refractivity contribution is -0.884. The van der Waals surface area contributed by atoms with Crippen LogP contribution in [0.1, 0.15) is 90.1 Å². The van der Waals surface area contributed by atoms with Crippen LogP contribution in [0.4, 0.5) is 43.9 Å². The SMILES string of the molecule is CC(C)(C)c1ccc(C(=O)OCC(F)(F)S(=O)(=O)[O-])cc1.CC(C)(C)c1ccc(C(=O)OCC(F)(F)S(=O)(=O)[O-])cc1.C[N+](C)(C)Cc1ccccc1.FC(F)(F)c1cccc([S+](c2ccccc2)c2ccccc2)c1.FC(F)(F)c1cccc([S+](c2ccccc2)c2ccccc2)c1.[Cl-]. The van der Waals surface area contributed by atoms with Gasteiger partial charge < -0.3 is 35.5 Å². The molecule has 11 nitrogen and oxygen atoms in total. The second-order valence-electron chi connectivity index (χ2n) is 24.8.